The van der Waals surface area contributed by atoms with Gasteiger partial charge >= 0.3 is 18.0 Å². The second kappa shape index (κ2) is 19.8. The summed E-state index contributed by atoms with van der Waals surface area (Å²) in [5.41, 5.74) is 5.58. The highest BCUT2D eigenvalue weighted by Gasteiger charge is 2.28. The van der Waals surface area contributed by atoms with Gasteiger partial charge in [-0.3, -0.25) is 0 Å². The predicted molar refractivity (Wildman–Crippen MR) is 247 cm³/mol. The van der Waals surface area contributed by atoms with Gasteiger partial charge in [0.25, 0.3) is 5.52 Å². The Morgan fingerprint density at radius 2 is 1.20 bits per heavy atom. The summed E-state index contributed by atoms with van der Waals surface area (Å²) < 4.78 is 15.6. The van der Waals surface area contributed by atoms with E-state index in [-0.39, 0.29) is 12.1 Å². The lowest BCUT2D eigenvalue weighted by atomic mass is 10.1. The van der Waals surface area contributed by atoms with E-state index in [2.05, 4.69) is 123 Å². The van der Waals surface area contributed by atoms with E-state index in [9.17, 15) is 9.59 Å². The minimum absolute atomic E-state index is 0.194. The average Bonchev–Trinajstić information content (AvgIpc) is 3.79. The number of rotatable bonds is 17. The van der Waals surface area contributed by atoms with Crippen molar-refractivity contribution in [2.75, 3.05) is 35.2 Å². The Balaban J connectivity index is 0.975. The first kappa shape index (κ1) is 40.7. The molecule has 0 fully saturated rings. The average molecular weight is 814 g/mol. The maximum Gasteiger partial charge on any atom is 0.374 e. The molecule has 0 saturated heterocycles. The molecule has 0 unspecified atom stereocenters. The molecular formula is C51H53N6O4+. The van der Waals surface area contributed by atoms with Crippen molar-refractivity contribution in [1.82, 2.24) is 10.6 Å². The van der Waals surface area contributed by atoms with E-state index in [1.165, 1.54) is 0 Å². The van der Waals surface area contributed by atoms with Gasteiger partial charge in [-0.25, -0.2) is 9.59 Å². The topological polar surface area (TPSA) is 112 Å². The number of hydrogen-bond donors (Lipinski definition) is 4. The fourth-order valence-corrected chi connectivity index (χ4v) is 7.75. The first-order valence-electron chi connectivity index (χ1n) is 21.5. The fraction of sp³-hybridized carbons (Fsp3) is 0.235. The van der Waals surface area contributed by atoms with E-state index in [1.54, 1.807) is 0 Å². The van der Waals surface area contributed by atoms with Gasteiger partial charge < -0.3 is 35.3 Å². The molecule has 6 aromatic carbocycles. The van der Waals surface area contributed by atoms with Crippen LogP contribution in [0, 0.1) is 0 Å². The Labute approximate surface area is 356 Å². The third kappa shape index (κ3) is 10.4. The van der Waals surface area contributed by atoms with Crippen molar-refractivity contribution in [1.29, 1.82) is 0 Å². The molecule has 0 aliphatic carbocycles. The van der Waals surface area contributed by atoms with Crippen molar-refractivity contribution in [3.8, 4) is 5.75 Å². The number of allylic oxidation sites excluding steroid dienone is 2. The molecule has 1 aliphatic rings. The summed E-state index contributed by atoms with van der Waals surface area (Å²) in [5.74, 6) is 2.42. The number of carbonyl (C=O) groups is 2. The number of carbonyl (C=O) groups excluding carboxylic acids is 2. The number of para-hydroxylation sites is 2. The Bertz CT molecular complexity index is 2670. The third-order valence-corrected chi connectivity index (χ3v) is 11.0. The highest BCUT2D eigenvalue weighted by atomic mass is 16.5. The van der Waals surface area contributed by atoms with Crippen molar-refractivity contribution in [3.05, 3.63) is 157 Å². The summed E-state index contributed by atoms with van der Waals surface area (Å²) in [6.07, 6.45) is 10.5. The number of urea groups is 2. The molecule has 2 heterocycles. The van der Waals surface area contributed by atoms with Gasteiger partial charge in [-0.1, -0.05) is 91.9 Å². The number of anilines is 3. The predicted octanol–water partition coefficient (Wildman–Crippen LogP) is 11.5. The van der Waals surface area contributed by atoms with Gasteiger partial charge in [0.05, 0.1) is 11.8 Å². The maximum absolute atomic E-state index is 12.4. The van der Waals surface area contributed by atoms with E-state index in [4.69, 9.17) is 9.15 Å². The molecule has 7 aromatic rings. The van der Waals surface area contributed by atoms with Gasteiger partial charge in [0.15, 0.2) is 12.3 Å². The smallest absolute Gasteiger partial charge is 0.374 e. The van der Waals surface area contributed by atoms with Crippen LogP contribution >= 0.6 is 0 Å². The van der Waals surface area contributed by atoms with Crippen molar-refractivity contribution >= 4 is 67.8 Å². The highest BCUT2D eigenvalue weighted by Crippen LogP contribution is 2.42. The van der Waals surface area contributed by atoms with Crippen LogP contribution in [-0.4, -0.2) is 31.7 Å². The number of amides is 4. The van der Waals surface area contributed by atoms with Gasteiger partial charge in [-0.15, -0.1) is 0 Å². The first-order valence-corrected chi connectivity index (χ1v) is 21.5. The molecule has 0 saturated carbocycles. The van der Waals surface area contributed by atoms with Crippen LogP contribution in [0.3, 0.4) is 0 Å². The number of benzene rings is 6. The second-order valence-corrected chi connectivity index (χ2v) is 15.4. The van der Waals surface area contributed by atoms with Crippen LogP contribution in [0.25, 0.3) is 38.7 Å². The van der Waals surface area contributed by atoms with E-state index in [1.807, 2.05) is 60.7 Å². The summed E-state index contributed by atoms with van der Waals surface area (Å²) in [6.45, 7) is 4.89. The van der Waals surface area contributed by atoms with Crippen LogP contribution in [0.5, 0.6) is 5.75 Å². The minimum Gasteiger partial charge on any atom is -0.439 e. The molecule has 310 valence electrons. The molecule has 4 N–H and O–H groups in total. The van der Waals surface area contributed by atoms with Gasteiger partial charge in [0.2, 0.25) is 11.5 Å². The Morgan fingerprint density at radius 3 is 1.82 bits per heavy atom. The van der Waals surface area contributed by atoms with Crippen LogP contribution in [-0.2, 0) is 6.54 Å². The number of fused-ring (bicyclic) bond motifs is 4. The van der Waals surface area contributed by atoms with Crippen molar-refractivity contribution in [2.45, 2.75) is 58.4 Å². The molecule has 0 bridgehead atoms. The van der Waals surface area contributed by atoms with Gasteiger partial charge in [-0.2, -0.15) is 4.57 Å². The zero-order chi connectivity index (χ0) is 41.8. The second-order valence-electron chi connectivity index (χ2n) is 15.4. The molecule has 1 aliphatic heterocycles. The molecule has 8 rings (SSSR count). The SMILES string of the molecule is CCC(=Cc1oc2cc3ccccc3cc2[n+]1CCCCCNC(=O)Nc1ccccc1)C=C1Oc2cc3ccccc3cc2N1CCCCCNC(=O)Nc1ccccc1. The lowest BCUT2D eigenvalue weighted by molar-refractivity contribution is -0.678. The Morgan fingerprint density at radius 1 is 0.639 bits per heavy atom. The van der Waals surface area contributed by atoms with Crippen molar-refractivity contribution in [3.63, 3.8) is 0 Å². The molecule has 4 amide bonds. The summed E-state index contributed by atoms with van der Waals surface area (Å²) in [6, 6.07) is 44.0. The minimum atomic E-state index is -0.194. The summed E-state index contributed by atoms with van der Waals surface area (Å²) in [5, 5.41) is 16.3. The van der Waals surface area contributed by atoms with Gasteiger partial charge in [-0.05, 0) is 108 Å². The highest BCUT2D eigenvalue weighted by molar-refractivity contribution is 5.94. The monoisotopic (exact) mass is 813 g/mol. The number of aryl methyl sites for hydroxylation is 1. The van der Waals surface area contributed by atoms with Crippen molar-refractivity contribution in [2.24, 2.45) is 0 Å². The van der Waals surface area contributed by atoms with E-state index < -0.39 is 0 Å². The third-order valence-electron chi connectivity index (χ3n) is 11.0. The number of nitrogens with zero attached hydrogens (tertiary/aromatic N) is 2. The van der Waals surface area contributed by atoms with Crippen LogP contribution in [0.2, 0.25) is 0 Å². The quantitative estimate of drug-likeness (QED) is 0.0540. The van der Waals surface area contributed by atoms with Gasteiger partial charge in [0.1, 0.15) is 0 Å². The summed E-state index contributed by atoms with van der Waals surface area (Å²) in [7, 11) is 0. The number of unbranched alkanes of at least 4 members (excludes halogenated alkanes) is 4. The van der Waals surface area contributed by atoms with Crippen LogP contribution < -0.4 is 35.5 Å². The summed E-state index contributed by atoms with van der Waals surface area (Å²) in [4.78, 5) is 27.1. The molecule has 0 radical (unpaired) electrons. The van der Waals surface area contributed by atoms with Crippen LogP contribution in [0.4, 0.5) is 26.7 Å². The standard InChI is InChI=1S/C51H52N6O4/c1-2-37(31-48-56(44-33-38-19-11-13-21-40(38)35-46(44)60-48)29-17-5-15-27-52-50(58)54-42-23-7-3-8-24-42)32-49-57(45-34-39-20-12-14-22-41(39)36-47(45)61-49)30-18-6-16-28-53-51(59)55-43-25-9-4-10-26-43/h3-4,7-14,19-26,31-36H,2,5-6,15-18,27-30H2,1H3,(H3-,52,53,54,55,58,59)/p+1. The largest absolute Gasteiger partial charge is 0.439 e. The molecule has 10 nitrogen and oxygen atoms in total. The Hall–Kier alpha value is -7.07. The molecule has 0 atom stereocenters. The number of ether oxygens (including phenoxy) is 1. The van der Waals surface area contributed by atoms with E-state index in [0.29, 0.717) is 13.1 Å². The maximum atomic E-state index is 12.4. The molecule has 0 spiro atoms. The van der Waals surface area contributed by atoms with E-state index >= 15 is 0 Å². The first-order chi connectivity index (χ1) is 30.0. The number of oxazole rings is 1. The summed E-state index contributed by atoms with van der Waals surface area (Å²) >= 11 is 0. The zero-order valence-corrected chi connectivity index (χ0v) is 34.7. The van der Waals surface area contributed by atoms with Gasteiger partial charge in [0, 0.05) is 49.6 Å². The van der Waals surface area contributed by atoms with Crippen LogP contribution in [0.1, 0.15) is 57.8 Å². The normalized spacial score (nSPS) is 13.1. The Kier molecular flexibility index (Phi) is 13.2. The molecular weight excluding hydrogens is 761 g/mol. The fourth-order valence-electron chi connectivity index (χ4n) is 7.75. The molecule has 61 heavy (non-hydrogen) atoms. The molecule has 1 aromatic heterocycles. The number of hydrogen-bond acceptors (Lipinski definition) is 5. The lowest BCUT2D eigenvalue weighted by Gasteiger charge is -2.19. The molecule has 10 heteroatoms. The van der Waals surface area contributed by atoms with Crippen LogP contribution in [0.15, 0.2) is 155 Å². The van der Waals surface area contributed by atoms with Crippen molar-refractivity contribution < 1.29 is 23.3 Å². The number of nitrogens with one attached hydrogen (secondary N) is 4. The zero-order valence-electron chi connectivity index (χ0n) is 34.7. The lowest BCUT2D eigenvalue weighted by Crippen LogP contribution is -2.35. The number of aromatic nitrogens is 1. The van der Waals surface area contributed by atoms with E-state index in [0.717, 1.165) is 131 Å².